The lowest BCUT2D eigenvalue weighted by molar-refractivity contribution is 0.324. The summed E-state index contributed by atoms with van der Waals surface area (Å²) < 4.78 is 30.8. The van der Waals surface area contributed by atoms with Gasteiger partial charge in [0.2, 0.25) is 5.75 Å². The molecular weight excluding hydrogens is 462 g/mol. The predicted molar refractivity (Wildman–Crippen MR) is 136 cm³/mol. The third-order valence-electron chi connectivity index (χ3n) is 4.79. The Balaban J connectivity index is 1.99. The maximum atomic E-state index is 6.13. The lowest BCUT2D eigenvalue weighted by Gasteiger charge is -2.17. The van der Waals surface area contributed by atoms with Gasteiger partial charge in [0.15, 0.2) is 23.0 Å². The van der Waals surface area contributed by atoms with Crippen molar-refractivity contribution >= 4 is 41.4 Å². The Morgan fingerprint density at radius 1 is 0.727 bits per heavy atom. The lowest BCUT2D eigenvalue weighted by atomic mass is 10.1. The zero-order valence-corrected chi connectivity index (χ0v) is 20.7. The Hall–Kier alpha value is -3.16. The summed E-state index contributed by atoms with van der Waals surface area (Å²) >= 11 is 7.56. The Bertz CT molecular complexity index is 1110. The number of anilines is 1. The van der Waals surface area contributed by atoms with Gasteiger partial charge in [0.1, 0.15) is 0 Å². The number of nitrogens with one attached hydrogen (secondary N) is 1. The number of ether oxygens (including phenoxy) is 5. The second-order valence-corrected chi connectivity index (χ2v) is 8.03. The van der Waals surface area contributed by atoms with Gasteiger partial charge in [-0.25, -0.2) is 0 Å². The first-order chi connectivity index (χ1) is 16.0. The van der Waals surface area contributed by atoms with Crippen molar-refractivity contribution in [3.05, 3.63) is 64.7 Å². The Kier molecular flexibility index (Phi) is 8.63. The molecule has 6 nitrogen and oxygen atoms in total. The molecule has 174 valence electrons. The van der Waals surface area contributed by atoms with Crippen LogP contribution in [0.4, 0.5) is 5.69 Å². The number of benzene rings is 3. The molecule has 0 heterocycles. The second-order valence-electron chi connectivity index (χ2n) is 6.72. The van der Waals surface area contributed by atoms with Crippen molar-refractivity contribution in [2.45, 2.75) is 4.90 Å². The van der Waals surface area contributed by atoms with E-state index in [0.29, 0.717) is 33.8 Å². The summed E-state index contributed by atoms with van der Waals surface area (Å²) in [5.41, 5.74) is 2.55. The fourth-order valence-corrected chi connectivity index (χ4v) is 4.23. The number of halogens is 1. The van der Waals surface area contributed by atoms with Crippen LogP contribution in [0, 0.1) is 0 Å². The van der Waals surface area contributed by atoms with Gasteiger partial charge in [-0.05, 0) is 60.0 Å². The van der Waals surface area contributed by atoms with Gasteiger partial charge in [0, 0.05) is 15.5 Å². The van der Waals surface area contributed by atoms with E-state index in [4.69, 9.17) is 35.3 Å². The fraction of sp³-hybridized carbons (Fsp3) is 0.200. The van der Waals surface area contributed by atoms with Gasteiger partial charge in [-0.1, -0.05) is 29.8 Å². The van der Waals surface area contributed by atoms with E-state index in [1.54, 1.807) is 35.5 Å². The quantitative estimate of drug-likeness (QED) is 0.253. The van der Waals surface area contributed by atoms with Crippen molar-refractivity contribution in [2.75, 3.05) is 40.3 Å². The smallest absolute Gasteiger partial charge is 0.203 e. The SMILES string of the molecule is COc1cc(/C=C\c2ccc(OC)c(OC)c2NSc2cccc(Cl)c2)cc(OC)c1OC. The number of rotatable bonds is 10. The molecule has 0 atom stereocenters. The van der Waals surface area contributed by atoms with E-state index in [-0.39, 0.29) is 0 Å². The van der Waals surface area contributed by atoms with Crippen molar-refractivity contribution in [3.63, 3.8) is 0 Å². The summed E-state index contributed by atoms with van der Waals surface area (Å²) in [6, 6.07) is 15.2. The first kappa shape index (κ1) is 24.5. The molecule has 0 aliphatic heterocycles. The van der Waals surface area contributed by atoms with Crippen molar-refractivity contribution < 1.29 is 23.7 Å². The summed E-state index contributed by atoms with van der Waals surface area (Å²) in [6.07, 6.45) is 3.93. The molecule has 0 aliphatic rings. The molecule has 1 N–H and O–H groups in total. The third kappa shape index (κ3) is 5.80. The van der Waals surface area contributed by atoms with Crippen LogP contribution in [0.15, 0.2) is 53.4 Å². The van der Waals surface area contributed by atoms with Gasteiger partial charge in [0.05, 0.1) is 41.2 Å². The predicted octanol–water partition coefficient (Wildman–Crippen LogP) is 6.67. The molecule has 0 aromatic heterocycles. The van der Waals surface area contributed by atoms with Gasteiger partial charge in [0.25, 0.3) is 0 Å². The molecule has 3 rings (SSSR count). The zero-order valence-electron chi connectivity index (χ0n) is 19.1. The highest BCUT2D eigenvalue weighted by atomic mass is 35.5. The molecule has 8 heteroatoms. The molecule has 0 saturated heterocycles. The molecule has 0 bridgehead atoms. The zero-order chi connectivity index (χ0) is 23.8. The molecular formula is C25H26ClNO5S. The number of hydrogen-bond donors (Lipinski definition) is 1. The highest BCUT2D eigenvalue weighted by Crippen LogP contribution is 2.42. The molecule has 3 aromatic carbocycles. The van der Waals surface area contributed by atoms with Crippen LogP contribution in [0.1, 0.15) is 11.1 Å². The maximum absolute atomic E-state index is 6.13. The summed E-state index contributed by atoms with van der Waals surface area (Å²) in [4.78, 5) is 0.965. The van der Waals surface area contributed by atoms with E-state index < -0.39 is 0 Å². The van der Waals surface area contributed by atoms with E-state index in [0.717, 1.165) is 21.7 Å². The van der Waals surface area contributed by atoms with E-state index >= 15 is 0 Å². The summed E-state index contributed by atoms with van der Waals surface area (Å²) in [5.74, 6) is 2.93. The highest BCUT2D eigenvalue weighted by Gasteiger charge is 2.15. The largest absolute Gasteiger partial charge is 0.493 e. The summed E-state index contributed by atoms with van der Waals surface area (Å²) in [6.45, 7) is 0. The van der Waals surface area contributed by atoms with E-state index in [9.17, 15) is 0 Å². The van der Waals surface area contributed by atoms with Gasteiger partial charge < -0.3 is 28.4 Å². The summed E-state index contributed by atoms with van der Waals surface area (Å²) in [5, 5.41) is 0.668. The molecule has 0 aliphatic carbocycles. The Labute approximate surface area is 203 Å². The van der Waals surface area contributed by atoms with Crippen LogP contribution in [0.3, 0.4) is 0 Å². The highest BCUT2D eigenvalue weighted by molar-refractivity contribution is 8.00. The summed E-state index contributed by atoms with van der Waals surface area (Å²) in [7, 11) is 7.98. The van der Waals surface area contributed by atoms with Crippen LogP contribution in [-0.2, 0) is 0 Å². The fourth-order valence-electron chi connectivity index (χ4n) is 3.21. The minimum Gasteiger partial charge on any atom is -0.493 e. The first-order valence-corrected chi connectivity index (χ1v) is 11.2. The van der Waals surface area contributed by atoms with Crippen molar-refractivity contribution in [3.8, 4) is 28.7 Å². The topological polar surface area (TPSA) is 58.2 Å². The molecule has 0 spiro atoms. The molecule has 0 unspecified atom stereocenters. The van der Waals surface area contributed by atoms with Crippen molar-refractivity contribution in [1.29, 1.82) is 0 Å². The van der Waals surface area contributed by atoms with E-state index in [2.05, 4.69) is 4.72 Å². The van der Waals surface area contributed by atoms with Crippen LogP contribution in [0.5, 0.6) is 28.7 Å². The van der Waals surface area contributed by atoms with Crippen LogP contribution >= 0.6 is 23.5 Å². The molecule has 0 amide bonds. The maximum Gasteiger partial charge on any atom is 0.203 e. The van der Waals surface area contributed by atoms with Gasteiger partial charge in [-0.2, -0.15) is 0 Å². The monoisotopic (exact) mass is 487 g/mol. The molecule has 0 fully saturated rings. The number of hydrogen-bond acceptors (Lipinski definition) is 7. The van der Waals surface area contributed by atoms with Crippen LogP contribution < -0.4 is 28.4 Å². The average molecular weight is 488 g/mol. The van der Waals surface area contributed by atoms with E-state index in [1.165, 1.54) is 11.9 Å². The third-order valence-corrected chi connectivity index (χ3v) is 5.82. The minimum atomic E-state index is 0.545. The van der Waals surface area contributed by atoms with Crippen LogP contribution in [-0.4, -0.2) is 35.5 Å². The normalized spacial score (nSPS) is 10.7. The van der Waals surface area contributed by atoms with Crippen molar-refractivity contribution in [1.82, 2.24) is 0 Å². The van der Waals surface area contributed by atoms with E-state index in [1.807, 2.05) is 60.7 Å². The van der Waals surface area contributed by atoms with Gasteiger partial charge in [-0.15, -0.1) is 0 Å². The van der Waals surface area contributed by atoms with Gasteiger partial charge in [-0.3, -0.25) is 0 Å². The Morgan fingerprint density at radius 2 is 1.39 bits per heavy atom. The lowest BCUT2D eigenvalue weighted by Crippen LogP contribution is -1.98. The average Bonchev–Trinajstić information content (AvgIpc) is 2.85. The van der Waals surface area contributed by atoms with Crippen LogP contribution in [0.2, 0.25) is 5.02 Å². The standard InChI is InChI=1S/C25H26ClNO5S/c1-28-20-12-11-17(10-9-16-13-21(29-2)24(31-4)22(14-16)30-3)23(25(20)32-5)27-33-19-8-6-7-18(26)15-19/h6-15,27H,1-5H3/b10-9-. The minimum absolute atomic E-state index is 0.545. The molecule has 3 aromatic rings. The molecule has 0 saturated carbocycles. The first-order valence-electron chi connectivity index (χ1n) is 9.96. The number of methoxy groups -OCH3 is 5. The van der Waals surface area contributed by atoms with Gasteiger partial charge >= 0.3 is 0 Å². The molecule has 0 radical (unpaired) electrons. The van der Waals surface area contributed by atoms with Crippen molar-refractivity contribution in [2.24, 2.45) is 0 Å². The second kappa shape index (κ2) is 11.6. The Morgan fingerprint density at radius 3 is 1.97 bits per heavy atom. The molecule has 33 heavy (non-hydrogen) atoms. The van der Waals surface area contributed by atoms with Crippen LogP contribution in [0.25, 0.3) is 12.2 Å².